The summed E-state index contributed by atoms with van der Waals surface area (Å²) in [4.78, 5) is 15.8. The van der Waals surface area contributed by atoms with Crippen LogP contribution in [0.1, 0.15) is 26.7 Å². The van der Waals surface area contributed by atoms with Crippen molar-refractivity contribution in [1.29, 1.82) is 0 Å². The van der Waals surface area contributed by atoms with Gasteiger partial charge in [0, 0.05) is 12.5 Å². The highest BCUT2D eigenvalue weighted by atomic mass is 16.5. The average molecular weight is 251 g/mol. The Bertz CT molecular complexity index is 361. The third-order valence-corrected chi connectivity index (χ3v) is 2.70. The number of rotatable bonds is 7. The lowest BCUT2D eigenvalue weighted by Crippen LogP contribution is -2.21. The molecule has 1 aromatic rings. The van der Waals surface area contributed by atoms with E-state index < -0.39 is 0 Å². The fourth-order valence-electron chi connectivity index (χ4n) is 1.56. The van der Waals surface area contributed by atoms with Gasteiger partial charge in [-0.1, -0.05) is 13.3 Å². The number of carbonyl (C=O) groups excluding carboxylic acids is 1. The first-order chi connectivity index (χ1) is 8.69. The molecule has 1 rings (SSSR count). The Labute approximate surface area is 108 Å². The van der Waals surface area contributed by atoms with Gasteiger partial charge in [0.05, 0.1) is 18.5 Å². The monoisotopic (exact) mass is 251 g/mol. The molecule has 1 aromatic heterocycles. The van der Waals surface area contributed by atoms with Crippen LogP contribution in [0.15, 0.2) is 18.3 Å². The molecule has 0 aliphatic carbocycles. The highest BCUT2D eigenvalue weighted by molar-refractivity contribution is 5.90. The van der Waals surface area contributed by atoms with Crippen LogP contribution in [-0.2, 0) is 4.79 Å². The van der Waals surface area contributed by atoms with Crippen LogP contribution in [0, 0.1) is 5.92 Å². The Morgan fingerprint density at radius 2 is 2.28 bits per heavy atom. The summed E-state index contributed by atoms with van der Waals surface area (Å²) in [7, 11) is 0. The summed E-state index contributed by atoms with van der Waals surface area (Å²) in [6.45, 7) is 5.04. The maximum absolute atomic E-state index is 11.7. The number of carbonyl (C=O) groups is 1. The molecular formula is C13H21N3O2. The topological polar surface area (TPSA) is 77.2 Å². The van der Waals surface area contributed by atoms with Crippen molar-refractivity contribution in [1.82, 2.24) is 4.98 Å². The van der Waals surface area contributed by atoms with Gasteiger partial charge in [-0.05, 0) is 25.5 Å². The van der Waals surface area contributed by atoms with E-state index in [1.165, 1.54) is 0 Å². The number of pyridine rings is 1. The Kier molecular flexibility index (Phi) is 6.14. The summed E-state index contributed by atoms with van der Waals surface area (Å²) in [5, 5.41) is 2.80. The quantitative estimate of drug-likeness (QED) is 0.774. The molecule has 0 aromatic carbocycles. The molecule has 100 valence electrons. The number of anilines is 1. The Hall–Kier alpha value is -1.62. The molecule has 0 saturated carbocycles. The Balaban J connectivity index is 2.48. The standard InChI is InChI=1S/C13H21N3O2/c1-3-10(8-14)7-12(17)16-11-5-6-13(15-9-11)18-4-2/h5-6,9-10H,3-4,7-8,14H2,1-2H3,(H,16,17). The van der Waals surface area contributed by atoms with Gasteiger partial charge in [-0.2, -0.15) is 0 Å². The second kappa shape index (κ2) is 7.66. The number of nitrogens with zero attached hydrogens (tertiary/aromatic N) is 1. The molecule has 5 heteroatoms. The van der Waals surface area contributed by atoms with Gasteiger partial charge in [-0.15, -0.1) is 0 Å². The molecule has 0 aliphatic rings. The number of amides is 1. The number of aromatic nitrogens is 1. The maximum atomic E-state index is 11.7. The fraction of sp³-hybridized carbons (Fsp3) is 0.538. The van der Waals surface area contributed by atoms with Crippen molar-refractivity contribution in [2.75, 3.05) is 18.5 Å². The van der Waals surface area contributed by atoms with Gasteiger partial charge in [-0.3, -0.25) is 4.79 Å². The molecule has 0 saturated heterocycles. The van der Waals surface area contributed by atoms with E-state index in [0.717, 1.165) is 6.42 Å². The van der Waals surface area contributed by atoms with Crippen LogP contribution in [0.4, 0.5) is 5.69 Å². The number of hydrogen-bond donors (Lipinski definition) is 2. The van der Waals surface area contributed by atoms with Crippen LogP contribution in [0.2, 0.25) is 0 Å². The van der Waals surface area contributed by atoms with Crippen molar-refractivity contribution in [3.63, 3.8) is 0 Å². The van der Waals surface area contributed by atoms with Gasteiger partial charge in [0.15, 0.2) is 0 Å². The van der Waals surface area contributed by atoms with E-state index in [4.69, 9.17) is 10.5 Å². The first-order valence-electron chi connectivity index (χ1n) is 6.28. The Morgan fingerprint density at radius 3 is 2.78 bits per heavy atom. The van der Waals surface area contributed by atoms with Gasteiger partial charge in [0.1, 0.15) is 0 Å². The van der Waals surface area contributed by atoms with Crippen molar-refractivity contribution >= 4 is 11.6 Å². The number of nitrogens with one attached hydrogen (secondary N) is 1. The molecular weight excluding hydrogens is 230 g/mol. The van der Waals surface area contributed by atoms with E-state index in [2.05, 4.69) is 10.3 Å². The average Bonchev–Trinajstić information content (AvgIpc) is 2.38. The van der Waals surface area contributed by atoms with Crippen LogP contribution in [0.5, 0.6) is 5.88 Å². The van der Waals surface area contributed by atoms with Crippen LogP contribution >= 0.6 is 0 Å². The summed E-state index contributed by atoms with van der Waals surface area (Å²) < 4.78 is 5.22. The highest BCUT2D eigenvalue weighted by Gasteiger charge is 2.10. The molecule has 1 atom stereocenters. The van der Waals surface area contributed by atoms with Crippen molar-refractivity contribution in [2.45, 2.75) is 26.7 Å². The number of hydrogen-bond acceptors (Lipinski definition) is 4. The molecule has 1 unspecified atom stereocenters. The third kappa shape index (κ3) is 4.71. The maximum Gasteiger partial charge on any atom is 0.224 e. The van der Waals surface area contributed by atoms with Crippen molar-refractivity contribution in [2.24, 2.45) is 11.7 Å². The zero-order valence-corrected chi connectivity index (χ0v) is 11.0. The first-order valence-corrected chi connectivity index (χ1v) is 6.28. The minimum absolute atomic E-state index is 0.0294. The van der Waals surface area contributed by atoms with E-state index in [-0.39, 0.29) is 11.8 Å². The highest BCUT2D eigenvalue weighted by Crippen LogP contribution is 2.13. The van der Waals surface area contributed by atoms with Crippen molar-refractivity contribution < 1.29 is 9.53 Å². The van der Waals surface area contributed by atoms with E-state index in [1.807, 2.05) is 13.8 Å². The SMILES string of the molecule is CCOc1ccc(NC(=O)CC(CC)CN)cn1. The zero-order chi connectivity index (χ0) is 13.4. The second-order valence-corrected chi connectivity index (χ2v) is 4.08. The van der Waals surface area contributed by atoms with Crippen LogP contribution in [-0.4, -0.2) is 24.0 Å². The summed E-state index contributed by atoms with van der Waals surface area (Å²) >= 11 is 0. The van der Waals surface area contributed by atoms with Crippen molar-refractivity contribution in [3.05, 3.63) is 18.3 Å². The molecule has 1 heterocycles. The predicted molar refractivity (Wildman–Crippen MR) is 71.5 cm³/mol. The third-order valence-electron chi connectivity index (χ3n) is 2.70. The van der Waals surface area contributed by atoms with Gasteiger partial charge in [0.25, 0.3) is 0 Å². The van der Waals surface area contributed by atoms with E-state index in [1.54, 1.807) is 18.3 Å². The lowest BCUT2D eigenvalue weighted by Gasteiger charge is -2.12. The molecule has 0 aliphatic heterocycles. The molecule has 18 heavy (non-hydrogen) atoms. The van der Waals surface area contributed by atoms with E-state index in [0.29, 0.717) is 31.1 Å². The molecule has 0 bridgehead atoms. The molecule has 0 fully saturated rings. The minimum atomic E-state index is -0.0294. The van der Waals surface area contributed by atoms with Crippen LogP contribution in [0.3, 0.4) is 0 Å². The van der Waals surface area contributed by atoms with Crippen molar-refractivity contribution in [3.8, 4) is 5.88 Å². The second-order valence-electron chi connectivity index (χ2n) is 4.08. The molecule has 5 nitrogen and oxygen atoms in total. The lowest BCUT2D eigenvalue weighted by molar-refractivity contribution is -0.117. The predicted octanol–water partition coefficient (Wildman–Crippen LogP) is 1.79. The molecule has 3 N–H and O–H groups in total. The minimum Gasteiger partial charge on any atom is -0.478 e. The van der Waals surface area contributed by atoms with Gasteiger partial charge < -0.3 is 15.8 Å². The normalized spacial score (nSPS) is 11.9. The van der Waals surface area contributed by atoms with Crippen LogP contribution < -0.4 is 15.8 Å². The Morgan fingerprint density at radius 1 is 1.50 bits per heavy atom. The molecule has 0 spiro atoms. The van der Waals surface area contributed by atoms with Gasteiger partial charge in [-0.25, -0.2) is 4.98 Å². The summed E-state index contributed by atoms with van der Waals surface area (Å²) in [5.41, 5.74) is 6.25. The number of nitrogens with two attached hydrogens (primary N) is 1. The smallest absolute Gasteiger partial charge is 0.224 e. The van der Waals surface area contributed by atoms with Crippen LogP contribution in [0.25, 0.3) is 0 Å². The van der Waals surface area contributed by atoms with E-state index in [9.17, 15) is 4.79 Å². The first kappa shape index (κ1) is 14.4. The molecule has 0 radical (unpaired) electrons. The zero-order valence-electron chi connectivity index (χ0n) is 11.0. The summed E-state index contributed by atoms with van der Waals surface area (Å²) in [6, 6.07) is 3.51. The number of ether oxygens (including phenoxy) is 1. The summed E-state index contributed by atoms with van der Waals surface area (Å²) in [6.07, 6.45) is 2.94. The van der Waals surface area contributed by atoms with E-state index >= 15 is 0 Å². The molecule has 1 amide bonds. The summed E-state index contributed by atoms with van der Waals surface area (Å²) in [5.74, 6) is 0.766. The fourth-order valence-corrected chi connectivity index (χ4v) is 1.56. The van der Waals surface area contributed by atoms with Gasteiger partial charge in [0.2, 0.25) is 11.8 Å². The van der Waals surface area contributed by atoms with Gasteiger partial charge >= 0.3 is 0 Å². The largest absolute Gasteiger partial charge is 0.478 e. The lowest BCUT2D eigenvalue weighted by atomic mass is 10.0.